The van der Waals surface area contributed by atoms with E-state index in [9.17, 15) is 0 Å². The SMILES string of the molecule is [La+3].[Li+].[OH-].[OH-].[OH-].[OH-].[Ti]. The molecular weight excluding hydrogens is 258 g/mol. The minimum absolute atomic E-state index is 0. The average Bonchev–Trinajstić information content (AvgIpc) is 0. The Balaban J connectivity index is 0. The van der Waals surface area contributed by atoms with Crippen LogP contribution in [0.15, 0.2) is 0 Å². The third-order valence-corrected chi connectivity index (χ3v) is 0. The summed E-state index contributed by atoms with van der Waals surface area (Å²) in [6.45, 7) is 0. The fourth-order valence-electron chi connectivity index (χ4n) is 0. The van der Waals surface area contributed by atoms with Gasteiger partial charge in [-0.25, -0.2) is 0 Å². The minimum atomic E-state index is 0. The third kappa shape index (κ3) is 61.1. The first-order valence-corrected chi connectivity index (χ1v) is 0. The fourth-order valence-corrected chi connectivity index (χ4v) is 0. The molecule has 0 aliphatic rings. The topological polar surface area (TPSA) is 120 Å². The molecule has 0 aliphatic heterocycles. The van der Waals surface area contributed by atoms with Crippen molar-refractivity contribution < 1.29 is 98.1 Å². The number of hydrogen-bond acceptors (Lipinski definition) is 4. The molecule has 0 fully saturated rings. The molecule has 0 aromatic rings. The van der Waals surface area contributed by atoms with Crippen molar-refractivity contribution in [2.75, 3.05) is 0 Å². The first-order chi connectivity index (χ1) is 0. The van der Waals surface area contributed by atoms with Crippen LogP contribution >= 0.6 is 0 Å². The smallest absolute Gasteiger partial charge is 0.870 e. The molecule has 0 radical (unpaired) electrons. The van der Waals surface area contributed by atoms with E-state index in [1.54, 1.807) is 0 Å². The standard InChI is InChI=1S/La.Li.4H2O.Ti/h;;4*1H2;/q+3;+1;;;;;/p-4. The van der Waals surface area contributed by atoms with E-state index in [-0.39, 0.29) is 98.1 Å². The zero-order valence-electron chi connectivity index (χ0n) is 3.87. The molecule has 4 N–H and O–H groups in total. The van der Waals surface area contributed by atoms with Crippen LogP contribution < -0.4 is 18.9 Å². The molecule has 7 heavy (non-hydrogen) atoms. The number of rotatable bonds is 0. The van der Waals surface area contributed by atoms with Crippen molar-refractivity contribution >= 4 is 0 Å². The van der Waals surface area contributed by atoms with Gasteiger partial charge in [0.15, 0.2) is 0 Å². The summed E-state index contributed by atoms with van der Waals surface area (Å²) in [6.07, 6.45) is 0. The van der Waals surface area contributed by atoms with Crippen LogP contribution in [0.25, 0.3) is 0 Å². The zero-order chi connectivity index (χ0) is 0. The van der Waals surface area contributed by atoms with E-state index in [4.69, 9.17) is 0 Å². The van der Waals surface area contributed by atoms with Crippen molar-refractivity contribution in [3.05, 3.63) is 0 Å². The van der Waals surface area contributed by atoms with Gasteiger partial charge in [0, 0.05) is 21.7 Å². The molecule has 0 unspecified atom stereocenters. The summed E-state index contributed by atoms with van der Waals surface area (Å²) in [5, 5.41) is 0. The van der Waals surface area contributed by atoms with Crippen LogP contribution in [0.4, 0.5) is 0 Å². The summed E-state index contributed by atoms with van der Waals surface area (Å²) in [4.78, 5) is 0. The molecular formula is H4LaLiO4Ti. The fraction of sp³-hybridized carbons (Fsp3) is 0. The van der Waals surface area contributed by atoms with Gasteiger partial charge in [-0.1, -0.05) is 0 Å². The summed E-state index contributed by atoms with van der Waals surface area (Å²) in [5.74, 6) is 0. The maximum atomic E-state index is 0. The van der Waals surface area contributed by atoms with Gasteiger partial charge < -0.3 is 21.9 Å². The molecule has 0 aromatic carbocycles. The van der Waals surface area contributed by atoms with Crippen molar-refractivity contribution in [2.24, 2.45) is 0 Å². The van der Waals surface area contributed by atoms with Crippen molar-refractivity contribution in [3.8, 4) is 0 Å². The zero-order valence-corrected chi connectivity index (χ0v) is 9.05. The van der Waals surface area contributed by atoms with Crippen molar-refractivity contribution in [2.45, 2.75) is 0 Å². The number of hydrogen-bond donors (Lipinski definition) is 0. The summed E-state index contributed by atoms with van der Waals surface area (Å²) in [7, 11) is 0. The van der Waals surface area contributed by atoms with E-state index in [1.807, 2.05) is 0 Å². The van der Waals surface area contributed by atoms with Gasteiger partial charge in [0.05, 0.1) is 0 Å². The summed E-state index contributed by atoms with van der Waals surface area (Å²) >= 11 is 0. The van der Waals surface area contributed by atoms with Crippen molar-refractivity contribution in [1.29, 1.82) is 0 Å². The van der Waals surface area contributed by atoms with Gasteiger partial charge in [-0.15, -0.1) is 0 Å². The molecule has 36 valence electrons. The van der Waals surface area contributed by atoms with E-state index < -0.39 is 0 Å². The summed E-state index contributed by atoms with van der Waals surface area (Å²) in [6, 6.07) is 0. The van der Waals surface area contributed by atoms with E-state index in [1.165, 1.54) is 0 Å². The predicted molar refractivity (Wildman–Crippen MR) is 7.74 cm³/mol. The molecule has 0 atom stereocenters. The van der Waals surface area contributed by atoms with Gasteiger partial charge in [0.1, 0.15) is 0 Å². The Labute approximate surface area is 96.7 Å². The average molecular weight is 262 g/mol. The van der Waals surface area contributed by atoms with Crippen LogP contribution in [0.5, 0.6) is 0 Å². The molecule has 7 heteroatoms. The quantitative estimate of drug-likeness (QED) is 0.417. The molecule has 0 saturated carbocycles. The Hall–Kier alpha value is 2.35. The van der Waals surface area contributed by atoms with E-state index >= 15 is 0 Å². The van der Waals surface area contributed by atoms with Crippen molar-refractivity contribution in [1.82, 2.24) is 0 Å². The molecule has 0 heterocycles. The van der Waals surface area contributed by atoms with E-state index in [0.29, 0.717) is 0 Å². The molecule has 0 saturated heterocycles. The second-order valence-electron chi connectivity index (χ2n) is 0. The van der Waals surface area contributed by atoms with Crippen LogP contribution in [0.2, 0.25) is 0 Å². The largest absolute Gasteiger partial charge is 3.00 e. The molecule has 0 amide bonds. The normalized spacial score (nSPS) is 0. The van der Waals surface area contributed by atoms with Gasteiger partial charge in [-0.2, -0.15) is 0 Å². The molecule has 0 spiro atoms. The van der Waals surface area contributed by atoms with Crippen LogP contribution in [0.3, 0.4) is 0 Å². The van der Waals surface area contributed by atoms with Gasteiger partial charge in [0.25, 0.3) is 0 Å². The Morgan fingerprint density at radius 3 is 0.571 bits per heavy atom. The molecule has 0 rings (SSSR count). The van der Waals surface area contributed by atoms with Gasteiger partial charge >= 0.3 is 54.5 Å². The first-order valence-electron chi connectivity index (χ1n) is 0. The van der Waals surface area contributed by atoms with Gasteiger partial charge in [0.2, 0.25) is 0 Å². The Kier molecular flexibility index (Phi) is 1380. The van der Waals surface area contributed by atoms with Gasteiger partial charge in [-0.05, 0) is 0 Å². The minimum Gasteiger partial charge on any atom is -0.870 e. The van der Waals surface area contributed by atoms with Crippen molar-refractivity contribution in [3.63, 3.8) is 0 Å². The first kappa shape index (κ1) is 118. The van der Waals surface area contributed by atoms with E-state index in [2.05, 4.69) is 0 Å². The maximum Gasteiger partial charge on any atom is 3.00 e. The van der Waals surface area contributed by atoms with Crippen LogP contribution in [-0.2, 0) is 21.7 Å². The summed E-state index contributed by atoms with van der Waals surface area (Å²) in [5.41, 5.74) is 0. The Morgan fingerprint density at radius 1 is 0.571 bits per heavy atom. The second kappa shape index (κ2) is 81.8. The Bertz CT molecular complexity index is 11.7. The molecule has 0 aromatic heterocycles. The second-order valence-corrected chi connectivity index (χ2v) is 0. The van der Waals surface area contributed by atoms with Crippen LogP contribution in [0.1, 0.15) is 0 Å². The maximum absolute atomic E-state index is 0. The van der Waals surface area contributed by atoms with E-state index in [0.717, 1.165) is 0 Å². The third-order valence-electron chi connectivity index (χ3n) is 0. The molecule has 0 bridgehead atoms. The van der Waals surface area contributed by atoms with Gasteiger partial charge in [-0.3, -0.25) is 0 Å². The predicted octanol–water partition coefficient (Wildman–Crippen LogP) is -3.71. The Morgan fingerprint density at radius 2 is 0.571 bits per heavy atom. The van der Waals surface area contributed by atoms with Crippen LogP contribution in [-0.4, -0.2) is 21.9 Å². The van der Waals surface area contributed by atoms with Crippen LogP contribution in [0, 0.1) is 35.6 Å². The molecule has 4 nitrogen and oxygen atoms in total. The molecule has 0 aliphatic carbocycles. The monoisotopic (exact) mass is 262 g/mol. The summed E-state index contributed by atoms with van der Waals surface area (Å²) < 4.78 is 0.